The predicted octanol–water partition coefficient (Wildman–Crippen LogP) is 2.20. The lowest BCUT2D eigenvalue weighted by Crippen LogP contribution is -2.39. The van der Waals surface area contributed by atoms with E-state index in [2.05, 4.69) is 34.6 Å². The Hall–Kier alpha value is -1.20. The van der Waals surface area contributed by atoms with Crippen molar-refractivity contribution in [2.75, 3.05) is 6.54 Å². The fourth-order valence-electron chi connectivity index (χ4n) is 1.87. The number of nitrogens with zero attached hydrogens (tertiary/aromatic N) is 3. The van der Waals surface area contributed by atoms with Crippen LogP contribution < -0.4 is 5.32 Å². The van der Waals surface area contributed by atoms with Crippen molar-refractivity contribution in [3.05, 3.63) is 35.0 Å². The van der Waals surface area contributed by atoms with Crippen LogP contribution in [0.25, 0.3) is 0 Å². The zero-order chi connectivity index (χ0) is 12.8. The fourth-order valence-corrected chi connectivity index (χ4v) is 2.46. The van der Waals surface area contributed by atoms with Crippen LogP contribution in [0.3, 0.4) is 0 Å². The molecule has 0 spiro atoms. The Morgan fingerprint density at radius 1 is 1.44 bits per heavy atom. The van der Waals surface area contributed by atoms with Gasteiger partial charge in [0.25, 0.3) is 0 Å². The van der Waals surface area contributed by atoms with Crippen molar-refractivity contribution < 1.29 is 0 Å². The molecule has 0 fully saturated rings. The average Bonchev–Trinajstić information content (AvgIpc) is 2.99. The third kappa shape index (κ3) is 3.92. The topological polar surface area (TPSA) is 42.7 Å². The van der Waals surface area contributed by atoms with E-state index in [0.717, 1.165) is 19.5 Å². The average molecular weight is 264 g/mol. The lowest BCUT2D eigenvalue weighted by molar-refractivity contribution is 0.344. The molecule has 0 aromatic carbocycles. The van der Waals surface area contributed by atoms with Crippen molar-refractivity contribution in [2.45, 2.75) is 32.9 Å². The van der Waals surface area contributed by atoms with Gasteiger partial charge in [0.1, 0.15) is 0 Å². The van der Waals surface area contributed by atoms with E-state index in [4.69, 9.17) is 0 Å². The first kappa shape index (κ1) is 13.2. The highest BCUT2D eigenvalue weighted by Gasteiger charge is 2.13. The SMILES string of the molecule is CC(C)C(Cn1cccn1)NCCc1cscn1. The molecule has 0 saturated heterocycles. The molecule has 0 bridgehead atoms. The molecular formula is C13H20N4S. The summed E-state index contributed by atoms with van der Waals surface area (Å²) in [5.74, 6) is 0.588. The summed E-state index contributed by atoms with van der Waals surface area (Å²) in [6, 6.07) is 2.41. The minimum atomic E-state index is 0.448. The van der Waals surface area contributed by atoms with E-state index in [9.17, 15) is 0 Å². The van der Waals surface area contributed by atoms with E-state index in [1.807, 2.05) is 28.7 Å². The molecular weight excluding hydrogens is 244 g/mol. The molecule has 4 nitrogen and oxygen atoms in total. The first-order valence-corrected chi connectivity index (χ1v) is 7.28. The van der Waals surface area contributed by atoms with Crippen molar-refractivity contribution >= 4 is 11.3 Å². The summed E-state index contributed by atoms with van der Waals surface area (Å²) in [5, 5.41) is 9.97. The van der Waals surface area contributed by atoms with Crippen LogP contribution >= 0.6 is 11.3 Å². The van der Waals surface area contributed by atoms with Crippen LogP contribution in [0.2, 0.25) is 0 Å². The molecule has 1 atom stereocenters. The van der Waals surface area contributed by atoms with Gasteiger partial charge in [-0.3, -0.25) is 4.68 Å². The first-order chi connectivity index (χ1) is 8.75. The van der Waals surface area contributed by atoms with Gasteiger partial charge in [0.05, 0.1) is 17.7 Å². The predicted molar refractivity (Wildman–Crippen MR) is 74.7 cm³/mol. The quantitative estimate of drug-likeness (QED) is 0.833. The van der Waals surface area contributed by atoms with Crippen LogP contribution in [-0.4, -0.2) is 27.4 Å². The third-order valence-corrected chi connectivity index (χ3v) is 3.65. The monoisotopic (exact) mass is 264 g/mol. The van der Waals surface area contributed by atoms with Crippen LogP contribution in [-0.2, 0) is 13.0 Å². The number of aromatic nitrogens is 3. The molecule has 2 aromatic heterocycles. The zero-order valence-electron chi connectivity index (χ0n) is 10.9. The molecule has 0 radical (unpaired) electrons. The molecule has 1 unspecified atom stereocenters. The van der Waals surface area contributed by atoms with Gasteiger partial charge in [-0.05, 0) is 12.0 Å². The Balaban J connectivity index is 1.79. The van der Waals surface area contributed by atoms with Crippen molar-refractivity contribution in [1.29, 1.82) is 0 Å². The van der Waals surface area contributed by atoms with Gasteiger partial charge in [-0.2, -0.15) is 5.10 Å². The van der Waals surface area contributed by atoms with Gasteiger partial charge in [0.15, 0.2) is 0 Å². The molecule has 0 aliphatic carbocycles. The van der Waals surface area contributed by atoms with Crippen molar-refractivity contribution in [2.24, 2.45) is 5.92 Å². The summed E-state index contributed by atoms with van der Waals surface area (Å²) < 4.78 is 1.99. The second-order valence-corrected chi connectivity index (χ2v) is 5.48. The summed E-state index contributed by atoms with van der Waals surface area (Å²) in [5.41, 5.74) is 3.06. The van der Waals surface area contributed by atoms with Crippen molar-refractivity contribution in [3.8, 4) is 0 Å². The summed E-state index contributed by atoms with van der Waals surface area (Å²) in [6.45, 7) is 6.36. The van der Waals surface area contributed by atoms with E-state index in [-0.39, 0.29) is 0 Å². The first-order valence-electron chi connectivity index (χ1n) is 6.33. The Morgan fingerprint density at radius 3 is 2.94 bits per heavy atom. The normalized spacial score (nSPS) is 13.1. The van der Waals surface area contributed by atoms with E-state index in [0.29, 0.717) is 12.0 Å². The zero-order valence-corrected chi connectivity index (χ0v) is 11.7. The Kier molecular flexibility index (Phi) is 4.90. The van der Waals surface area contributed by atoms with Crippen LogP contribution in [0.15, 0.2) is 29.4 Å². The molecule has 0 aliphatic rings. The van der Waals surface area contributed by atoms with Gasteiger partial charge in [0.2, 0.25) is 0 Å². The molecule has 5 heteroatoms. The summed E-state index contributed by atoms with van der Waals surface area (Å²) in [7, 11) is 0. The summed E-state index contributed by atoms with van der Waals surface area (Å²) in [4.78, 5) is 4.29. The van der Waals surface area contributed by atoms with Gasteiger partial charge in [0, 0.05) is 36.8 Å². The molecule has 2 rings (SSSR count). The molecule has 0 aliphatic heterocycles. The molecule has 0 amide bonds. The Labute approximate surface area is 112 Å². The second-order valence-electron chi connectivity index (χ2n) is 4.76. The molecule has 2 aromatic rings. The molecule has 18 heavy (non-hydrogen) atoms. The standard InChI is InChI=1S/C13H20N4S/c1-11(2)13(8-17-7-3-5-16-17)14-6-4-12-9-18-10-15-12/h3,5,7,9-11,13-14H,4,6,8H2,1-2H3. The van der Waals surface area contributed by atoms with Gasteiger partial charge in [-0.15, -0.1) is 11.3 Å². The van der Waals surface area contributed by atoms with E-state index >= 15 is 0 Å². The van der Waals surface area contributed by atoms with Crippen LogP contribution in [0.4, 0.5) is 0 Å². The lowest BCUT2D eigenvalue weighted by Gasteiger charge is -2.22. The van der Waals surface area contributed by atoms with Gasteiger partial charge < -0.3 is 5.32 Å². The summed E-state index contributed by atoms with van der Waals surface area (Å²) in [6.07, 6.45) is 4.83. The largest absolute Gasteiger partial charge is 0.311 e. The van der Waals surface area contributed by atoms with E-state index in [1.165, 1.54) is 5.69 Å². The maximum Gasteiger partial charge on any atom is 0.0794 e. The van der Waals surface area contributed by atoms with Gasteiger partial charge >= 0.3 is 0 Å². The Bertz CT molecular complexity index is 422. The van der Waals surface area contributed by atoms with Crippen LogP contribution in [0, 0.1) is 5.92 Å². The lowest BCUT2D eigenvalue weighted by atomic mass is 10.0. The highest BCUT2D eigenvalue weighted by atomic mass is 32.1. The van der Waals surface area contributed by atoms with Crippen LogP contribution in [0.5, 0.6) is 0 Å². The third-order valence-electron chi connectivity index (χ3n) is 3.02. The molecule has 98 valence electrons. The summed E-state index contributed by atoms with van der Waals surface area (Å²) >= 11 is 1.66. The smallest absolute Gasteiger partial charge is 0.0794 e. The maximum absolute atomic E-state index is 4.29. The minimum Gasteiger partial charge on any atom is -0.311 e. The highest BCUT2D eigenvalue weighted by Crippen LogP contribution is 2.06. The minimum absolute atomic E-state index is 0.448. The fraction of sp³-hybridized carbons (Fsp3) is 0.538. The van der Waals surface area contributed by atoms with Crippen molar-refractivity contribution in [1.82, 2.24) is 20.1 Å². The van der Waals surface area contributed by atoms with E-state index in [1.54, 1.807) is 11.3 Å². The number of hydrogen-bond donors (Lipinski definition) is 1. The van der Waals surface area contributed by atoms with Gasteiger partial charge in [-0.1, -0.05) is 13.8 Å². The van der Waals surface area contributed by atoms with Gasteiger partial charge in [-0.25, -0.2) is 4.98 Å². The molecule has 2 heterocycles. The number of thiazole rings is 1. The van der Waals surface area contributed by atoms with Crippen molar-refractivity contribution in [3.63, 3.8) is 0 Å². The molecule has 0 saturated carbocycles. The molecule has 1 N–H and O–H groups in total. The number of hydrogen-bond acceptors (Lipinski definition) is 4. The van der Waals surface area contributed by atoms with Crippen LogP contribution in [0.1, 0.15) is 19.5 Å². The highest BCUT2D eigenvalue weighted by molar-refractivity contribution is 7.07. The number of rotatable bonds is 7. The second kappa shape index (κ2) is 6.66. The van der Waals surface area contributed by atoms with E-state index < -0.39 is 0 Å². The maximum atomic E-state index is 4.29. The Morgan fingerprint density at radius 2 is 2.33 bits per heavy atom. The number of nitrogens with one attached hydrogen (secondary N) is 1.